The van der Waals surface area contributed by atoms with E-state index in [2.05, 4.69) is 0 Å². The van der Waals surface area contributed by atoms with Crippen LogP contribution in [0.2, 0.25) is 0 Å². The molecule has 2 aliphatic heterocycles. The van der Waals surface area contributed by atoms with Gasteiger partial charge in [-0.3, -0.25) is 4.79 Å². The highest BCUT2D eigenvalue weighted by Crippen LogP contribution is 2.42. The molecule has 3 fully saturated rings. The van der Waals surface area contributed by atoms with Crippen molar-refractivity contribution in [3.63, 3.8) is 0 Å². The molecule has 0 spiro atoms. The van der Waals surface area contributed by atoms with Crippen LogP contribution in [-0.2, 0) is 4.79 Å². The molecule has 5 heteroatoms. The SMILES string of the molecule is CCN(C(=O)N1C2CCC1C(C(=O)O)C2)C1CCCCC1. The van der Waals surface area contributed by atoms with E-state index in [0.29, 0.717) is 12.5 Å². The summed E-state index contributed by atoms with van der Waals surface area (Å²) in [6.45, 7) is 2.77. The van der Waals surface area contributed by atoms with Gasteiger partial charge in [0.15, 0.2) is 0 Å². The van der Waals surface area contributed by atoms with Gasteiger partial charge in [-0.05, 0) is 39.0 Å². The summed E-state index contributed by atoms with van der Waals surface area (Å²) < 4.78 is 0. The van der Waals surface area contributed by atoms with Crippen LogP contribution in [0.15, 0.2) is 0 Å². The third-order valence-corrected chi connectivity index (χ3v) is 5.68. The Hall–Kier alpha value is -1.26. The van der Waals surface area contributed by atoms with Gasteiger partial charge in [0, 0.05) is 24.7 Å². The number of carbonyl (C=O) groups excluding carboxylic acids is 1. The third kappa shape index (κ3) is 2.51. The fraction of sp³-hybridized carbons (Fsp3) is 0.875. The lowest BCUT2D eigenvalue weighted by Gasteiger charge is -2.37. The molecule has 3 rings (SSSR count). The molecule has 1 N–H and O–H groups in total. The minimum absolute atomic E-state index is 0.0716. The summed E-state index contributed by atoms with van der Waals surface area (Å²) in [4.78, 5) is 28.2. The van der Waals surface area contributed by atoms with Crippen molar-refractivity contribution in [3.05, 3.63) is 0 Å². The summed E-state index contributed by atoms with van der Waals surface area (Å²) >= 11 is 0. The van der Waals surface area contributed by atoms with Gasteiger partial charge < -0.3 is 14.9 Å². The second kappa shape index (κ2) is 5.85. The number of hydrogen-bond donors (Lipinski definition) is 1. The zero-order valence-corrected chi connectivity index (χ0v) is 12.8. The van der Waals surface area contributed by atoms with E-state index < -0.39 is 5.97 Å². The number of carboxylic acids is 1. The summed E-state index contributed by atoms with van der Waals surface area (Å²) in [5.41, 5.74) is 0. The van der Waals surface area contributed by atoms with Crippen LogP contribution in [0.3, 0.4) is 0 Å². The number of hydrogen-bond acceptors (Lipinski definition) is 2. The zero-order valence-electron chi connectivity index (χ0n) is 12.8. The van der Waals surface area contributed by atoms with Crippen molar-refractivity contribution in [2.45, 2.75) is 76.4 Å². The average molecular weight is 294 g/mol. The van der Waals surface area contributed by atoms with E-state index in [1.807, 2.05) is 16.7 Å². The van der Waals surface area contributed by atoms with Crippen LogP contribution in [0, 0.1) is 5.92 Å². The lowest BCUT2D eigenvalue weighted by Crippen LogP contribution is -2.51. The van der Waals surface area contributed by atoms with Crippen molar-refractivity contribution >= 4 is 12.0 Å². The Labute approximate surface area is 126 Å². The van der Waals surface area contributed by atoms with Crippen LogP contribution in [0.25, 0.3) is 0 Å². The van der Waals surface area contributed by atoms with Gasteiger partial charge in [0.1, 0.15) is 0 Å². The van der Waals surface area contributed by atoms with E-state index in [0.717, 1.165) is 32.2 Å². The maximum Gasteiger partial charge on any atom is 0.320 e. The fourth-order valence-corrected chi connectivity index (χ4v) is 4.64. The van der Waals surface area contributed by atoms with Crippen molar-refractivity contribution in [1.82, 2.24) is 9.80 Å². The lowest BCUT2D eigenvalue weighted by atomic mass is 9.89. The number of carboxylic acid groups (broad SMARTS) is 1. The molecule has 5 nitrogen and oxygen atoms in total. The van der Waals surface area contributed by atoms with E-state index in [4.69, 9.17) is 0 Å². The maximum atomic E-state index is 13.0. The highest BCUT2D eigenvalue weighted by Gasteiger charge is 2.52. The number of rotatable bonds is 3. The normalized spacial score (nSPS) is 32.4. The summed E-state index contributed by atoms with van der Waals surface area (Å²) in [5.74, 6) is -1.08. The molecule has 3 unspecified atom stereocenters. The first-order valence-corrected chi connectivity index (χ1v) is 8.45. The molecule has 1 aliphatic carbocycles. The van der Waals surface area contributed by atoms with Crippen LogP contribution >= 0.6 is 0 Å². The second-order valence-corrected chi connectivity index (χ2v) is 6.75. The van der Waals surface area contributed by atoms with Gasteiger partial charge in [0.2, 0.25) is 0 Å². The maximum absolute atomic E-state index is 13.0. The molecule has 3 atom stereocenters. The molecule has 21 heavy (non-hydrogen) atoms. The van der Waals surface area contributed by atoms with Gasteiger partial charge in [0.05, 0.1) is 5.92 Å². The Morgan fingerprint density at radius 2 is 1.86 bits per heavy atom. The first kappa shape index (κ1) is 14.7. The van der Waals surface area contributed by atoms with Crippen LogP contribution in [-0.4, -0.2) is 51.6 Å². The standard InChI is InChI=1S/C16H26N2O3/c1-2-17(11-6-4-3-5-7-11)16(21)18-12-8-9-14(18)13(10-12)15(19)20/h11-14H,2-10H2,1H3,(H,19,20). The number of amides is 2. The van der Waals surface area contributed by atoms with Crippen LogP contribution < -0.4 is 0 Å². The number of carbonyl (C=O) groups is 2. The van der Waals surface area contributed by atoms with E-state index in [-0.39, 0.29) is 24.0 Å². The van der Waals surface area contributed by atoms with Crippen LogP contribution in [0.5, 0.6) is 0 Å². The molecule has 1 saturated carbocycles. The summed E-state index contributed by atoms with van der Waals surface area (Å²) in [5, 5.41) is 9.33. The van der Waals surface area contributed by atoms with Gasteiger partial charge in [0.25, 0.3) is 0 Å². The quantitative estimate of drug-likeness (QED) is 0.870. The van der Waals surface area contributed by atoms with Gasteiger partial charge >= 0.3 is 12.0 Å². The largest absolute Gasteiger partial charge is 0.481 e. The minimum Gasteiger partial charge on any atom is -0.481 e. The third-order valence-electron chi connectivity index (χ3n) is 5.68. The van der Waals surface area contributed by atoms with Crippen molar-refractivity contribution in [2.24, 2.45) is 5.92 Å². The topological polar surface area (TPSA) is 60.9 Å². The Bertz CT molecular complexity index is 420. The molecular formula is C16H26N2O3. The first-order valence-electron chi connectivity index (χ1n) is 8.45. The van der Waals surface area contributed by atoms with Crippen LogP contribution in [0.4, 0.5) is 4.79 Å². The predicted octanol–water partition coefficient (Wildman–Crippen LogP) is 2.70. The minimum atomic E-state index is -0.735. The molecular weight excluding hydrogens is 268 g/mol. The van der Waals surface area contributed by atoms with Crippen LogP contribution in [0.1, 0.15) is 58.3 Å². The van der Waals surface area contributed by atoms with E-state index in [1.165, 1.54) is 19.3 Å². The highest BCUT2D eigenvalue weighted by molar-refractivity contribution is 5.79. The van der Waals surface area contributed by atoms with Gasteiger partial charge in [-0.2, -0.15) is 0 Å². The Morgan fingerprint density at radius 1 is 1.14 bits per heavy atom. The van der Waals surface area contributed by atoms with Gasteiger partial charge in [-0.25, -0.2) is 4.79 Å². The monoisotopic (exact) mass is 294 g/mol. The zero-order chi connectivity index (χ0) is 15.0. The highest BCUT2D eigenvalue weighted by atomic mass is 16.4. The van der Waals surface area contributed by atoms with Crippen molar-refractivity contribution < 1.29 is 14.7 Å². The van der Waals surface area contributed by atoms with E-state index in [9.17, 15) is 14.7 Å². The molecule has 2 heterocycles. The molecule has 118 valence electrons. The molecule has 2 saturated heterocycles. The number of fused-ring (bicyclic) bond motifs is 2. The Balaban J connectivity index is 1.73. The Kier molecular flexibility index (Phi) is 4.09. The Morgan fingerprint density at radius 3 is 2.43 bits per heavy atom. The van der Waals surface area contributed by atoms with Gasteiger partial charge in [-0.1, -0.05) is 19.3 Å². The number of aliphatic carboxylic acids is 1. The molecule has 0 aromatic carbocycles. The fourth-order valence-electron chi connectivity index (χ4n) is 4.64. The average Bonchev–Trinajstić information content (AvgIpc) is 3.06. The molecule has 0 radical (unpaired) electrons. The smallest absolute Gasteiger partial charge is 0.320 e. The molecule has 0 aromatic heterocycles. The van der Waals surface area contributed by atoms with E-state index >= 15 is 0 Å². The molecule has 2 bridgehead atoms. The first-order chi connectivity index (χ1) is 10.1. The molecule has 3 aliphatic rings. The lowest BCUT2D eigenvalue weighted by molar-refractivity contribution is -0.142. The second-order valence-electron chi connectivity index (χ2n) is 6.75. The molecule has 2 amide bonds. The molecule has 0 aromatic rings. The summed E-state index contributed by atoms with van der Waals surface area (Å²) in [7, 11) is 0. The van der Waals surface area contributed by atoms with E-state index in [1.54, 1.807) is 0 Å². The summed E-state index contributed by atoms with van der Waals surface area (Å²) in [6.07, 6.45) is 8.37. The van der Waals surface area contributed by atoms with Crippen molar-refractivity contribution in [3.8, 4) is 0 Å². The predicted molar refractivity (Wildman–Crippen MR) is 79.0 cm³/mol. The van der Waals surface area contributed by atoms with Crippen molar-refractivity contribution in [2.75, 3.05) is 6.54 Å². The summed E-state index contributed by atoms with van der Waals surface area (Å²) in [6, 6.07) is 0.541. The van der Waals surface area contributed by atoms with Gasteiger partial charge in [-0.15, -0.1) is 0 Å². The number of nitrogens with zero attached hydrogens (tertiary/aromatic N) is 2. The number of urea groups is 1. The van der Waals surface area contributed by atoms with Crippen molar-refractivity contribution in [1.29, 1.82) is 0 Å².